The molecule has 46 heavy (non-hydrogen) atoms. The van der Waals surface area contributed by atoms with E-state index in [1.165, 1.54) is 24.8 Å². The summed E-state index contributed by atoms with van der Waals surface area (Å²) >= 11 is 0. The third-order valence-corrected chi connectivity index (χ3v) is 6.96. The number of halogens is 7. The Balaban J connectivity index is 0.000000345. The average molecular weight is 665 g/mol. The lowest BCUT2D eigenvalue weighted by Crippen LogP contribution is -2.57. The van der Waals surface area contributed by atoms with Gasteiger partial charge >= 0.3 is 30.4 Å². The largest absolute Gasteiger partial charge is 0.490 e. The number of benzene rings is 1. The number of ether oxygens (including phenoxy) is 1. The summed E-state index contributed by atoms with van der Waals surface area (Å²) < 4.78 is 84.2. The Morgan fingerprint density at radius 3 is 1.98 bits per heavy atom. The van der Waals surface area contributed by atoms with Gasteiger partial charge in [0.05, 0.1) is 19.2 Å². The number of aromatic nitrogens is 4. The van der Waals surface area contributed by atoms with Gasteiger partial charge in [-0.25, -0.2) is 18.8 Å². The highest BCUT2D eigenvalue weighted by atomic mass is 19.4. The Hall–Kier alpha value is -4.81. The van der Waals surface area contributed by atoms with Gasteiger partial charge in [0.2, 0.25) is 0 Å². The van der Waals surface area contributed by atoms with Crippen molar-refractivity contribution in [1.82, 2.24) is 29.5 Å². The number of amides is 1. The third kappa shape index (κ3) is 9.11. The third-order valence-electron chi connectivity index (χ3n) is 6.96. The van der Waals surface area contributed by atoms with Crippen LogP contribution in [0.3, 0.4) is 0 Å². The molecule has 0 atom stereocenters. The van der Waals surface area contributed by atoms with Gasteiger partial charge in [-0.1, -0.05) is 6.07 Å². The summed E-state index contributed by atoms with van der Waals surface area (Å²) in [6.45, 7) is 3.43. The first kappa shape index (κ1) is 35.7. The molecule has 1 aromatic carbocycles. The second kappa shape index (κ2) is 14.5. The number of carbonyl (C=O) groups excluding carboxylic acids is 1. The lowest BCUT2D eigenvalue weighted by molar-refractivity contribution is -0.193. The number of methoxy groups -OCH3 is 1. The highest BCUT2D eigenvalue weighted by Gasteiger charge is 2.46. The van der Waals surface area contributed by atoms with Gasteiger partial charge in [0.1, 0.15) is 5.82 Å². The molecule has 5 rings (SSSR count). The molecular formula is C27H27F7N6O6. The summed E-state index contributed by atoms with van der Waals surface area (Å²) in [5.41, 5.74) is 1.65. The van der Waals surface area contributed by atoms with E-state index in [4.69, 9.17) is 24.5 Å². The molecule has 2 aliphatic rings. The van der Waals surface area contributed by atoms with Crippen LogP contribution in [-0.4, -0.2) is 96.9 Å². The van der Waals surface area contributed by atoms with Crippen molar-refractivity contribution in [3.05, 3.63) is 66.0 Å². The zero-order chi connectivity index (χ0) is 34.3. The number of likely N-dealkylation sites (tertiary alicyclic amines) is 1. The average Bonchev–Trinajstić information content (AvgIpc) is 3.44. The molecule has 250 valence electrons. The number of carbonyl (C=O) groups is 3. The van der Waals surface area contributed by atoms with Crippen LogP contribution in [0.2, 0.25) is 0 Å². The number of pyridine rings is 1. The number of nitrogens with zero attached hydrogens (tertiary/aromatic N) is 6. The van der Waals surface area contributed by atoms with Crippen LogP contribution in [0.25, 0.3) is 11.4 Å². The molecule has 0 bridgehead atoms. The molecule has 4 heterocycles. The van der Waals surface area contributed by atoms with E-state index in [0.29, 0.717) is 18.9 Å². The minimum absolute atomic E-state index is 0.289. The Kier molecular flexibility index (Phi) is 11.3. The van der Waals surface area contributed by atoms with Gasteiger partial charge in [-0.05, 0) is 48.7 Å². The van der Waals surface area contributed by atoms with Gasteiger partial charge in [0, 0.05) is 44.1 Å². The molecule has 0 saturated carbocycles. The lowest BCUT2D eigenvalue weighted by Gasteiger charge is -2.48. The Morgan fingerprint density at radius 1 is 0.935 bits per heavy atom. The molecule has 1 amide bonds. The number of aliphatic carboxylic acids is 2. The van der Waals surface area contributed by atoms with Gasteiger partial charge in [-0.2, -0.15) is 26.3 Å². The van der Waals surface area contributed by atoms with Crippen molar-refractivity contribution in [2.45, 2.75) is 43.8 Å². The van der Waals surface area contributed by atoms with Crippen LogP contribution in [0, 0.1) is 5.82 Å². The maximum atomic E-state index is 13.5. The molecule has 0 radical (unpaired) electrons. The molecule has 3 aromatic rings. The molecule has 2 aromatic heterocycles. The molecule has 2 N–H and O–H groups in total. The minimum Gasteiger partial charge on any atom is -0.475 e. The van der Waals surface area contributed by atoms with Gasteiger partial charge in [0.25, 0.3) is 0 Å². The number of rotatable bonds is 3. The number of alkyl halides is 6. The van der Waals surface area contributed by atoms with Crippen molar-refractivity contribution < 1.29 is 60.1 Å². The fourth-order valence-electron chi connectivity index (χ4n) is 4.87. The summed E-state index contributed by atoms with van der Waals surface area (Å²) in [6.07, 6.45) is -5.18. The molecule has 1 spiro atoms. The quantitative estimate of drug-likeness (QED) is 0.388. The zero-order valence-electron chi connectivity index (χ0n) is 23.9. The number of piperidine rings is 1. The molecule has 1 fully saturated rings. The van der Waals surface area contributed by atoms with Gasteiger partial charge in [-0.3, -0.25) is 14.8 Å². The van der Waals surface area contributed by atoms with Gasteiger partial charge in [-0.15, -0.1) is 10.2 Å². The number of carboxylic acid groups (broad SMARTS) is 2. The standard InChI is InChI=1S/C23H25FN6O2.2C2HF3O2/c1-32-22(31)29-15-20-26-27-21(18-4-6-19(24)7-5-18)30(20)23(16-29)8-11-28(12-9-23)14-17-3-2-10-25-13-17;2*3-2(4,5)1(6)7/h2-7,10,13H,8-9,11-12,14-16H2,1H3;2*(H,6,7). The van der Waals surface area contributed by atoms with Crippen molar-refractivity contribution in [1.29, 1.82) is 0 Å². The molecule has 19 heteroatoms. The predicted molar refractivity (Wildman–Crippen MR) is 142 cm³/mol. The molecule has 0 aliphatic carbocycles. The van der Waals surface area contributed by atoms with Crippen LogP contribution < -0.4 is 0 Å². The number of fused-ring (bicyclic) bond motifs is 2. The lowest BCUT2D eigenvalue weighted by atomic mass is 9.84. The fraction of sp³-hybridized carbons (Fsp3) is 0.407. The summed E-state index contributed by atoms with van der Waals surface area (Å²) in [7, 11) is 1.40. The molecular weight excluding hydrogens is 637 g/mol. The Labute approximate surface area is 256 Å². The van der Waals surface area contributed by atoms with Crippen LogP contribution in [0.4, 0.5) is 35.5 Å². The first-order chi connectivity index (χ1) is 21.5. The van der Waals surface area contributed by atoms with Crippen molar-refractivity contribution in [2.24, 2.45) is 0 Å². The van der Waals surface area contributed by atoms with Crippen molar-refractivity contribution in [3.8, 4) is 11.4 Å². The second-order valence-electron chi connectivity index (χ2n) is 10.1. The number of hydrogen-bond donors (Lipinski definition) is 2. The van der Waals surface area contributed by atoms with E-state index < -0.39 is 24.3 Å². The van der Waals surface area contributed by atoms with Gasteiger partial charge < -0.3 is 19.5 Å². The summed E-state index contributed by atoms with van der Waals surface area (Å²) in [5.74, 6) is -4.37. The van der Waals surface area contributed by atoms with E-state index in [2.05, 4.69) is 30.7 Å². The Morgan fingerprint density at radius 2 is 1.50 bits per heavy atom. The minimum atomic E-state index is -5.08. The van der Waals surface area contributed by atoms with Crippen LogP contribution >= 0.6 is 0 Å². The highest BCUT2D eigenvalue weighted by molar-refractivity contribution is 5.73. The van der Waals surface area contributed by atoms with Crippen LogP contribution in [0.1, 0.15) is 24.2 Å². The van der Waals surface area contributed by atoms with E-state index in [1.807, 2.05) is 12.3 Å². The van der Waals surface area contributed by atoms with Gasteiger partial charge in [0.15, 0.2) is 11.6 Å². The summed E-state index contributed by atoms with van der Waals surface area (Å²) in [5, 5.41) is 23.1. The molecule has 0 unspecified atom stereocenters. The van der Waals surface area contributed by atoms with E-state index in [0.717, 1.165) is 43.9 Å². The maximum Gasteiger partial charge on any atom is 0.490 e. The molecule has 12 nitrogen and oxygen atoms in total. The normalized spacial score (nSPS) is 15.9. The van der Waals surface area contributed by atoms with E-state index in [1.54, 1.807) is 23.2 Å². The number of carboxylic acids is 2. The van der Waals surface area contributed by atoms with Crippen molar-refractivity contribution in [2.75, 3.05) is 26.7 Å². The topological polar surface area (TPSA) is 151 Å². The van der Waals surface area contributed by atoms with Crippen LogP contribution in [-0.2, 0) is 33.0 Å². The SMILES string of the molecule is COC(=O)N1Cc2nnc(-c3ccc(F)cc3)n2C2(CCN(Cc3cccnc3)CC2)C1.O=C(O)C(F)(F)F.O=C(O)C(F)(F)F. The monoisotopic (exact) mass is 664 g/mol. The summed E-state index contributed by atoms with van der Waals surface area (Å²) in [4.78, 5) is 38.5. The predicted octanol–water partition coefficient (Wildman–Crippen LogP) is 4.32. The number of hydrogen-bond acceptors (Lipinski definition) is 8. The maximum absolute atomic E-state index is 13.5. The van der Waals surface area contributed by atoms with E-state index >= 15 is 0 Å². The Bertz CT molecular complexity index is 1470. The second-order valence-corrected chi connectivity index (χ2v) is 10.1. The molecule has 1 saturated heterocycles. The van der Waals surface area contributed by atoms with E-state index in [-0.39, 0.29) is 17.4 Å². The first-order valence-electron chi connectivity index (χ1n) is 13.2. The molecule has 2 aliphatic heterocycles. The van der Waals surface area contributed by atoms with Crippen molar-refractivity contribution in [3.63, 3.8) is 0 Å². The summed E-state index contributed by atoms with van der Waals surface area (Å²) in [6, 6.07) is 10.4. The van der Waals surface area contributed by atoms with Crippen LogP contribution in [0.15, 0.2) is 48.8 Å². The fourth-order valence-corrected chi connectivity index (χ4v) is 4.87. The zero-order valence-corrected chi connectivity index (χ0v) is 23.9. The highest BCUT2D eigenvalue weighted by Crippen LogP contribution is 2.39. The van der Waals surface area contributed by atoms with E-state index in [9.17, 15) is 35.5 Å². The smallest absolute Gasteiger partial charge is 0.475 e. The van der Waals surface area contributed by atoms with Crippen molar-refractivity contribution >= 4 is 18.0 Å². The first-order valence-corrected chi connectivity index (χ1v) is 13.2. The van der Waals surface area contributed by atoms with Crippen LogP contribution in [0.5, 0.6) is 0 Å².